The number of ether oxygens (including phenoxy) is 4. The van der Waals surface area contributed by atoms with Crippen molar-refractivity contribution in [3.8, 4) is 67.5 Å². The fourth-order valence-corrected chi connectivity index (χ4v) is 15.3. The SMILES string of the molecule is C1CCCCCCC1.C1CCCCCCC1.C1CCCCCCC1.C1CCCCCCC1.COc1cc(C)c(-c2cc(-c3c(C)cc(OC)cc3C)c3ccc4c(-c5c(C)cc(OC)cc5C)cc(-c5c(C)cc(OC)cc5C)c5ccc2c3c54)c(C)c1. The Hall–Kier alpha value is -6.00. The van der Waals surface area contributed by atoms with Crippen LogP contribution < -0.4 is 18.9 Å². The van der Waals surface area contributed by atoms with Gasteiger partial charge in [-0.15, -0.1) is 0 Å². The van der Waals surface area contributed by atoms with Crippen LogP contribution in [0.1, 0.15) is 250 Å². The molecular formula is C84H114O4. The third-order valence-electron chi connectivity index (χ3n) is 19.9. The lowest BCUT2D eigenvalue weighted by atomic mass is 9.79. The molecule has 0 aliphatic heterocycles. The molecule has 4 heteroatoms. The number of rotatable bonds is 8. The molecule has 0 spiro atoms. The fourth-order valence-electron chi connectivity index (χ4n) is 15.3. The lowest BCUT2D eigenvalue weighted by Crippen LogP contribution is -2.00. The average molecular weight is 1190 g/mol. The van der Waals surface area contributed by atoms with E-state index >= 15 is 0 Å². The molecule has 8 aromatic rings. The van der Waals surface area contributed by atoms with Crippen molar-refractivity contribution >= 4 is 32.3 Å². The second-order valence-electron chi connectivity index (χ2n) is 26.9. The van der Waals surface area contributed by atoms with Crippen molar-refractivity contribution in [2.24, 2.45) is 0 Å². The first-order chi connectivity index (χ1) is 42.9. The maximum absolute atomic E-state index is 5.74. The largest absolute Gasteiger partial charge is 0.497 e. The number of hydrogen-bond donors (Lipinski definition) is 0. The third kappa shape index (κ3) is 17.7. The van der Waals surface area contributed by atoms with Crippen molar-refractivity contribution in [1.82, 2.24) is 0 Å². The summed E-state index contributed by atoms with van der Waals surface area (Å²) >= 11 is 0. The Morgan fingerprint density at radius 1 is 0.193 bits per heavy atom. The second kappa shape index (κ2) is 34.8. The summed E-state index contributed by atoms with van der Waals surface area (Å²) in [6.45, 7) is 17.6. The normalized spacial score (nSPS) is 16.1. The van der Waals surface area contributed by atoms with Gasteiger partial charge in [0.1, 0.15) is 23.0 Å². The number of aryl methyl sites for hydroxylation is 8. The molecule has 0 amide bonds. The van der Waals surface area contributed by atoms with E-state index in [0.29, 0.717) is 0 Å². The van der Waals surface area contributed by atoms with E-state index in [2.05, 4.69) is 140 Å². The molecule has 0 N–H and O–H groups in total. The zero-order valence-electron chi connectivity index (χ0n) is 57.3. The highest BCUT2D eigenvalue weighted by molar-refractivity contribution is 6.32. The molecule has 88 heavy (non-hydrogen) atoms. The summed E-state index contributed by atoms with van der Waals surface area (Å²) in [5, 5.41) is 7.47. The Kier molecular flexibility index (Phi) is 26.9. The van der Waals surface area contributed by atoms with E-state index in [1.54, 1.807) is 28.4 Å². The molecule has 4 fully saturated rings. The van der Waals surface area contributed by atoms with Gasteiger partial charge in [0, 0.05) is 0 Å². The zero-order chi connectivity index (χ0) is 62.4. The molecule has 4 aliphatic rings. The summed E-state index contributed by atoms with van der Waals surface area (Å²) in [4.78, 5) is 0. The van der Waals surface area contributed by atoms with Gasteiger partial charge in [-0.1, -0.05) is 230 Å². The minimum Gasteiger partial charge on any atom is -0.497 e. The predicted octanol–water partition coefficient (Wildman–Crippen LogP) is 26.2. The van der Waals surface area contributed by atoms with Crippen molar-refractivity contribution in [1.29, 1.82) is 0 Å². The van der Waals surface area contributed by atoms with E-state index in [1.165, 1.54) is 327 Å². The minimum atomic E-state index is 0.869. The Bertz CT molecular complexity index is 2830. The van der Waals surface area contributed by atoms with Crippen LogP contribution in [-0.4, -0.2) is 28.4 Å². The average Bonchev–Trinajstić information content (AvgIpc) is 0.719. The topological polar surface area (TPSA) is 36.9 Å². The Labute approximate surface area is 534 Å². The fraction of sp³-hybridized carbons (Fsp3) is 0.524. The van der Waals surface area contributed by atoms with Crippen molar-refractivity contribution in [2.75, 3.05) is 28.4 Å². The van der Waals surface area contributed by atoms with E-state index in [1.807, 2.05) is 0 Å². The molecule has 0 aromatic heterocycles. The van der Waals surface area contributed by atoms with Gasteiger partial charge in [-0.25, -0.2) is 0 Å². The van der Waals surface area contributed by atoms with Crippen LogP contribution in [0.25, 0.3) is 76.8 Å². The molecule has 0 saturated heterocycles. The van der Waals surface area contributed by atoms with E-state index in [-0.39, 0.29) is 0 Å². The van der Waals surface area contributed by atoms with Gasteiger partial charge in [0.25, 0.3) is 0 Å². The summed E-state index contributed by atoms with van der Waals surface area (Å²) in [5.41, 5.74) is 19.3. The number of hydrogen-bond acceptors (Lipinski definition) is 4. The second-order valence-corrected chi connectivity index (χ2v) is 26.9. The van der Waals surface area contributed by atoms with Gasteiger partial charge in [0.2, 0.25) is 0 Å². The first-order valence-corrected chi connectivity index (χ1v) is 35.3. The zero-order valence-corrected chi connectivity index (χ0v) is 57.3. The van der Waals surface area contributed by atoms with Crippen LogP contribution in [-0.2, 0) is 0 Å². The summed E-state index contributed by atoms with van der Waals surface area (Å²) in [7, 11) is 6.96. The van der Waals surface area contributed by atoms with Gasteiger partial charge < -0.3 is 18.9 Å². The smallest absolute Gasteiger partial charge is 0.119 e. The first-order valence-electron chi connectivity index (χ1n) is 35.3. The summed E-state index contributed by atoms with van der Waals surface area (Å²) in [6, 6.07) is 31.6. The monoisotopic (exact) mass is 1190 g/mol. The molecule has 0 radical (unpaired) electrons. The van der Waals surface area contributed by atoms with Crippen LogP contribution in [0.4, 0.5) is 0 Å². The van der Waals surface area contributed by atoms with Crippen molar-refractivity contribution in [3.05, 3.63) is 129 Å². The molecular weight excluding hydrogens is 1070 g/mol. The van der Waals surface area contributed by atoms with E-state index in [4.69, 9.17) is 18.9 Å². The molecule has 0 atom stereocenters. The van der Waals surface area contributed by atoms with Gasteiger partial charge in [0.15, 0.2) is 0 Å². The molecule has 4 aliphatic carbocycles. The van der Waals surface area contributed by atoms with Gasteiger partial charge in [-0.2, -0.15) is 0 Å². The van der Waals surface area contributed by atoms with Crippen molar-refractivity contribution in [2.45, 2.75) is 261 Å². The third-order valence-corrected chi connectivity index (χ3v) is 19.9. The predicted molar refractivity (Wildman–Crippen MR) is 384 cm³/mol. The molecule has 0 bridgehead atoms. The molecule has 12 rings (SSSR count). The van der Waals surface area contributed by atoms with Crippen LogP contribution in [0.3, 0.4) is 0 Å². The maximum Gasteiger partial charge on any atom is 0.119 e. The Morgan fingerprint density at radius 2 is 0.318 bits per heavy atom. The van der Waals surface area contributed by atoms with Crippen LogP contribution in [0.2, 0.25) is 0 Å². The summed E-state index contributed by atoms with van der Waals surface area (Å²) < 4.78 is 23.0. The molecule has 0 heterocycles. The highest BCUT2D eigenvalue weighted by Gasteiger charge is 2.26. The van der Waals surface area contributed by atoms with Gasteiger partial charge in [0.05, 0.1) is 28.4 Å². The molecule has 4 saturated carbocycles. The van der Waals surface area contributed by atoms with Crippen molar-refractivity contribution in [3.63, 3.8) is 0 Å². The Balaban J connectivity index is 0.000000250. The van der Waals surface area contributed by atoms with Crippen LogP contribution in [0.5, 0.6) is 23.0 Å². The van der Waals surface area contributed by atoms with Crippen LogP contribution >= 0.6 is 0 Å². The van der Waals surface area contributed by atoms with Crippen LogP contribution in [0.15, 0.2) is 84.9 Å². The highest BCUT2D eigenvalue weighted by atomic mass is 16.5. The Morgan fingerprint density at radius 3 is 0.432 bits per heavy atom. The van der Waals surface area contributed by atoms with E-state index in [0.717, 1.165) is 23.0 Å². The summed E-state index contributed by atoms with van der Waals surface area (Å²) in [6.07, 6.45) is 48.0. The quantitative estimate of drug-likeness (QED) is 0.142. The molecule has 8 aromatic carbocycles. The molecule has 4 nitrogen and oxygen atoms in total. The molecule has 0 unspecified atom stereocenters. The molecule has 474 valence electrons. The number of methoxy groups -OCH3 is 4. The van der Waals surface area contributed by atoms with Gasteiger partial charge >= 0.3 is 0 Å². The maximum atomic E-state index is 5.74. The highest BCUT2D eigenvalue weighted by Crippen LogP contribution is 2.52. The first kappa shape index (κ1) is 67.9. The number of benzene rings is 8. The lowest BCUT2D eigenvalue weighted by Gasteiger charge is -2.25. The summed E-state index contributed by atoms with van der Waals surface area (Å²) in [5.74, 6) is 3.48. The van der Waals surface area contributed by atoms with E-state index < -0.39 is 0 Å². The van der Waals surface area contributed by atoms with Gasteiger partial charge in [-0.3, -0.25) is 0 Å². The van der Waals surface area contributed by atoms with E-state index in [9.17, 15) is 0 Å². The van der Waals surface area contributed by atoms with Crippen LogP contribution in [0, 0.1) is 55.4 Å². The standard InChI is InChI=1S/C52H50O4.4C8H16/c1-27-17-35(53-9)18-28(2)47(27)43-25-44(48-29(3)19-36(54-10)20-30(48)4)40-15-16-42-46(50-33(7)23-38(56-12)24-34(50)8)26-45(41-14-13-39(43)51(40)52(41)42)49-31(5)21-37(55-11)22-32(49)6;4*1-2-4-6-8-7-5-3-1/h13-26H,1-12H3;4*1-8H2. The van der Waals surface area contributed by atoms with Gasteiger partial charge in [-0.05, 0) is 237 Å². The minimum absolute atomic E-state index is 0.869. The van der Waals surface area contributed by atoms with Crippen molar-refractivity contribution < 1.29 is 18.9 Å². The lowest BCUT2D eigenvalue weighted by molar-refractivity contribution is 0.414.